The number of fused-ring (bicyclic) bond motifs is 5. The average Bonchev–Trinajstić information content (AvgIpc) is 2.95. The second kappa shape index (κ2) is 6.89. The molecule has 7 atom stereocenters. The Labute approximate surface area is 185 Å². The van der Waals surface area contributed by atoms with E-state index in [1.807, 2.05) is 6.08 Å². The molecular formula is C27H36O4. The van der Waals surface area contributed by atoms with E-state index in [1.165, 1.54) is 5.57 Å². The SMILES string of the molecule is CC(=O)[C@@]1(OC(=O)C2CCC2)CC[C@H]2[C@@H]3C=CC4=CC(=O)C(C)C[C@]4(C)[C@H]3CC[C@@]21C. The first-order valence-corrected chi connectivity index (χ1v) is 12.3. The molecule has 0 amide bonds. The molecule has 0 aromatic rings. The van der Waals surface area contributed by atoms with Gasteiger partial charge >= 0.3 is 5.97 Å². The first-order chi connectivity index (χ1) is 14.6. The number of hydrogen-bond acceptors (Lipinski definition) is 4. The predicted molar refractivity (Wildman–Crippen MR) is 118 cm³/mol. The number of ketones is 2. The van der Waals surface area contributed by atoms with E-state index in [-0.39, 0.29) is 40.2 Å². The van der Waals surface area contributed by atoms with Crippen molar-refractivity contribution >= 4 is 17.5 Å². The molecule has 3 fully saturated rings. The maximum atomic E-state index is 13.1. The second-order valence-corrected chi connectivity index (χ2v) is 11.6. The molecular weight excluding hydrogens is 388 g/mol. The van der Waals surface area contributed by atoms with Gasteiger partial charge in [0.1, 0.15) is 0 Å². The summed E-state index contributed by atoms with van der Waals surface area (Å²) in [5.41, 5.74) is -0.0985. The van der Waals surface area contributed by atoms with Crippen molar-refractivity contribution in [3.05, 3.63) is 23.8 Å². The zero-order valence-electron chi connectivity index (χ0n) is 19.4. The minimum atomic E-state index is -0.976. The van der Waals surface area contributed by atoms with Gasteiger partial charge in [-0.15, -0.1) is 0 Å². The van der Waals surface area contributed by atoms with Gasteiger partial charge < -0.3 is 4.74 Å². The third kappa shape index (κ3) is 2.75. The van der Waals surface area contributed by atoms with Crippen LogP contribution in [0, 0.1) is 40.4 Å². The van der Waals surface area contributed by atoms with Crippen LogP contribution in [0.5, 0.6) is 0 Å². The summed E-state index contributed by atoms with van der Waals surface area (Å²) < 4.78 is 6.21. The van der Waals surface area contributed by atoms with Gasteiger partial charge in [-0.2, -0.15) is 0 Å². The van der Waals surface area contributed by atoms with Crippen LogP contribution in [0.3, 0.4) is 0 Å². The van der Waals surface area contributed by atoms with Crippen molar-refractivity contribution in [2.24, 2.45) is 40.4 Å². The lowest BCUT2D eigenvalue weighted by Crippen LogP contribution is -2.58. The van der Waals surface area contributed by atoms with E-state index in [1.54, 1.807) is 6.92 Å². The van der Waals surface area contributed by atoms with Crippen molar-refractivity contribution in [1.29, 1.82) is 0 Å². The largest absolute Gasteiger partial charge is 0.450 e. The zero-order chi connectivity index (χ0) is 22.2. The quantitative estimate of drug-likeness (QED) is 0.584. The Bertz CT molecular complexity index is 895. The summed E-state index contributed by atoms with van der Waals surface area (Å²) >= 11 is 0. The Morgan fingerprint density at radius 1 is 1.06 bits per heavy atom. The summed E-state index contributed by atoms with van der Waals surface area (Å²) in [5, 5.41) is 0. The summed E-state index contributed by atoms with van der Waals surface area (Å²) in [6.07, 6.45) is 13.6. The van der Waals surface area contributed by atoms with E-state index < -0.39 is 5.60 Å². The van der Waals surface area contributed by atoms with E-state index in [9.17, 15) is 14.4 Å². The van der Waals surface area contributed by atoms with Crippen molar-refractivity contribution in [2.45, 2.75) is 84.7 Å². The summed E-state index contributed by atoms with van der Waals surface area (Å²) in [6, 6.07) is 0. The number of allylic oxidation sites excluding steroid dienone is 4. The van der Waals surface area contributed by atoms with Gasteiger partial charge in [0, 0.05) is 11.3 Å². The fourth-order valence-corrected chi connectivity index (χ4v) is 8.06. The van der Waals surface area contributed by atoms with Gasteiger partial charge in [-0.3, -0.25) is 14.4 Å². The Morgan fingerprint density at radius 3 is 2.42 bits per heavy atom. The highest BCUT2D eigenvalue weighted by Crippen LogP contribution is 2.67. The van der Waals surface area contributed by atoms with Gasteiger partial charge in [-0.1, -0.05) is 39.3 Å². The lowest BCUT2D eigenvalue weighted by atomic mass is 9.47. The van der Waals surface area contributed by atoms with Gasteiger partial charge in [0.05, 0.1) is 5.92 Å². The van der Waals surface area contributed by atoms with Crippen molar-refractivity contribution in [3.8, 4) is 0 Å². The van der Waals surface area contributed by atoms with Crippen LogP contribution in [-0.2, 0) is 19.1 Å². The summed E-state index contributed by atoms with van der Waals surface area (Å²) in [4.78, 5) is 38.3. The number of Topliss-reactive ketones (excluding diaryl/α,β-unsaturated/α-hetero) is 1. The van der Waals surface area contributed by atoms with Crippen LogP contribution in [0.4, 0.5) is 0 Å². The van der Waals surface area contributed by atoms with E-state index in [4.69, 9.17) is 4.74 Å². The molecule has 5 rings (SSSR count). The van der Waals surface area contributed by atoms with Crippen LogP contribution >= 0.6 is 0 Å². The molecule has 0 spiro atoms. The Hall–Kier alpha value is -1.71. The molecule has 1 unspecified atom stereocenters. The minimum Gasteiger partial charge on any atom is -0.450 e. The molecule has 0 radical (unpaired) electrons. The summed E-state index contributed by atoms with van der Waals surface area (Å²) in [5.74, 6) is 1.33. The normalized spacial score (nSPS) is 46.3. The third-order valence-electron chi connectivity index (χ3n) is 10.2. The molecule has 4 heteroatoms. The Morgan fingerprint density at radius 2 is 1.77 bits per heavy atom. The van der Waals surface area contributed by atoms with Crippen LogP contribution < -0.4 is 0 Å². The molecule has 4 nitrogen and oxygen atoms in total. The number of ether oxygens (including phenoxy) is 1. The summed E-state index contributed by atoms with van der Waals surface area (Å²) in [6.45, 7) is 8.23. The zero-order valence-corrected chi connectivity index (χ0v) is 19.4. The van der Waals surface area contributed by atoms with Crippen LogP contribution in [0.1, 0.15) is 79.1 Å². The average molecular weight is 425 g/mol. The first kappa shape index (κ1) is 21.2. The molecule has 31 heavy (non-hydrogen) atoms. The van der Waals surface area contributed by atoms with Gasteiger partial charge in [0.2, 0.25) is 0 Å². The molecule has 5 aliphatic rings. The van der Waals surface area contributed by atoms with E-state index in [0.29, 0.717) is 24.2 Å². The van der Waals surface area contributed by atoms with E-state index >= 15 is 0 Å². The number of esters is 1. The van der Waals surface area contributed by atoms with Crippen molar-refractivity contribution < 1.29 is 19.1 Å². The fourth-order valence-electron chi connectivity index (χ4n) is 8.06. The predicted octanol–water partition coefficient (Wildman–Crippen LogP) is 5.21. The lowest BCUT2D eigenvalue weighted by Gasteiger charge is -2.57. The maximum Gasteiger partial charge on any atom is 0.309 e. The molecule has 0 saturated heterocycles. The van der Waals surface area contributed by atoms with Crippen molar-refractivity contribution in [2.75, 3.05) is 0 Å². The summed E-state index contributed by atoms with van der Waals surface area (Å²) in [7, 11) is 0. The topological polar surface area (TPSA) is 60.4 Å². The Balaban J connectivity index is 1.49. The molecule has 168 valence electrons. The van der Waals surface area contributed by atoms with E-state index in [0.717, 1.165) is 44.9 Å². The molecule has 3 saturated carbocycles. The fraction of sp³-hybridized carbons (Fsp3) is 0.741. The van der Waals surface area contributed by atoms with Crippen molar-refractivity contribution in [3.63, 3.8) is 0 Å². The molecule has 0 heterocycles. The molecule has 0 N–H and O–H groups in total. The van der Waals surface area contributed by atoms with Gasteiger partial charge in [0.25, 0.3) is 0 Å². The van der Waals surface area contributed by atoms with Crippen LogP contribution in [-0.4, -0.2) is 23.1 Å². The monoisotopic (exact) mass is 424 g/mol. The first-order valence-electron chi connectivity index (χ1n) is 12.3. The Kier molecular flexibility index (Phi) is 4.70. The molecule has 0 aromatic carbocycles. The minimum absolute atomic E-state index is 0.0121. The highest BCUT2D eigenvalue weighted by Gasteiger charge is 2.67. The third-order valence-corrected chi connectivity index (χ3v) is 10.2. The highest BCUT2D eigenvalue weighted by molar-refractivity contribution is 5.94. The maximum absolute atomic E-state index is 13.1. The van der Waals surface area contributed by atoms with Gasteiger partial charge in [0.15, 0.2) is 17.2 Å². The highest BCUT2D eigenvalue weighted by atomic mass is 16.6. The van der Waals surface area contributed by atoms with E-state index in [2.05, 4.69) is 32.9 Å². The molecule has 0 bridgehead atoms. The second-order valence-electron chi connectivity index (χ2n) is 11.6. The standard InChI is InChI=1S/C27H36O4/c1-16-15-25(3)19(14-23(16)29)8-9-20-21(25)10-12-26(4)22(20)11-13-27(26,17(2)28)31-24(30)18-6-5-7-18/h8-9,14,16,18,20-22H,5-7,10-13,15H2,1-4H3/t16?,20-,21+,22+,25+,26+,27+/m1/s1. The molecule has 0 aliphatic heterocycles. The molecule has 5 aliphatic carbocycles. The smallest absolute Gasteiger partial charge is 0.309 e. The number of rotatable bonds is 3. The van der Waals surface area contributed by atoms with Crippen molar-refractivity contribution in [1.82, 2.24) is 0 Å². The van der Waals surface area contributed by atoms with Gasteiger partial charge in [-0.25, -0.2) is 0 Å². The number of carbonyl (C=O) groups excluding carboxylic acids is 3. The van der Waals surface area contributed by atoms with Crippen LogP contribution in [0.15, 0.2) is 23.8 Å². The van der Waals surface area contributed by atoms with Crippen LogP contribution in [0.25, 0.3) is 0 Å². The van der Waals surface area contributed by atoms with Crippen LogP contribution in [0.2, 0.25) is 0 Å². The molecule has 0 aromatic heterocycles. The number of hydrogen-bond donors (Lipinski definition) is 0. The number of carbonyl (C=O) groups is 3. The lowest BCUT2D eigenvalue weighted by molar-refractivity contribution is -0.192. The van der Waals surface area contributed by atoms with Gasteiger partial charge in [-0.05, 0) is 86.7 Å².